The fourth-order valence-electron chi connectivity index (χ4n) is 1.47. The van der Waals surface area contributed by atoms with Gasteiger partial charge < -0.3 is 5.11 Å². The number of carboxylic acids is 1. The van der Waals surface area contributed by atoms with E-state index in [4.69, 9.17) is 5.11 Å². The van der Waals surface area contributed by atoms with Crippen LogP contribution in [0, 0.1) is 5.82 Å². The minimum absolute atomic E-state index is 0.324. The molecule has 0 amide bonds. The van der Waals surface area contributed by atoms with Gasteiger partial charge in [-0.05, 0) is 30.7 Å². The number of rotatable bonds is 5. The van der Waals surface area contributed by atoms with Crippen LogP contribution in [0.3, 0.4) is 0 Å². The van der Waals surface area contributed by atoms with E-state index in [1.54, 1.807) is 19.1 Å². The third kappa shape index (κ3) is 3.31. The summed E-state index contributed by atoms with van der Waals surface area (Å²) in [6.07, 6.45) is 0.487. The molecule has 1 atom stereocenters. The van der Waals surface area contributed by atoms with Gasteiger partial charge in [-0.15, -0.1) is 5.10 Å². The van der Waals surface area contributed by atoms with Crippen LogP contribution in [0.5, 0.6) is 0 Å². The van der Waals surface area contributed by atoms with Gasteiger partial charge in [-0.3, -0.25) is 9.89 Å². The van der Waals surface area contributed by atoms with E-state index >= 15 is 0 Å². The summed E-state index contributed by atoms with van der Waals surface area (Å²) >= 11 is 1.09. The van der Waals surface area contributed by atoms with E-state index in [9.17, 15) is 9.18 Å². The van der Waals surface area contributed by atoms with Crippen LogP contribution in [-0.2, 0) is 4.79 Å². The first kappa shape index (κ1) is 13.5. The van der Waals surface area contributed by atoms with Crippen molar-refractivity contribution in [3.63, 3.8) is 0 Å². The molecule has 0 aliphatic rings. The molecule has 0 spiro atoms. The third-order valence-electron chi connectivity index (χ3n) is 2.48. The van der Waals surface area contributed by atoms with Gasteiger partial charge >= 0.3 is 5.97 Å². The van der Waals surface area contributed by atoms with Gasteiger partial charge in [-0.2, -0.15) is 0 Å². The van der Waals surface area contributed by atoms with Gasteiger partial charge in [0.2, 0.25) is 5.16 Å². The average Bonchev–Trinajstić information content (AvgIpc) is 2.85. The van der Waals surface area contributed by atoms with Crippen LogP contribution in [0.4, 0.5) is 4.39 Å². The maximum atomic E-state index is 12.8. The number of H-pyrrole nitrogens is 1. The molecule has 2 rings (SSSR count). The normalized spacial score (nSPS) is 12.3. The van der Waals surface area contributed by atoms with Gasteiger partial charge in [0, 0.05) is 5.56 Å². The highest BCUT2D eigenvalue weighted by Crippen LogP contribution is 2.24. The monoisotopic (exact) mass is 281 g/mol. The molecule has 0 radical (unpaired) electrons. The van der Waals surface area contributed by atoms with Crippen LogP contribution >= 0.6 is 11.8 Å². The van der Waals surface area contributed by atoms with Crippen molar-refractivity contribution in [1.29, 1.82) is 0 Å². The fourth-order valence-corrected chi connectivity index (χ4v) is 2.24. The summed E-state index contributed by atoms with van der Waals surface area (Å²) in [6.45, 7) is 1.79. The number of aromatic nitrogens is 3. The van der Waals surface area contributed by atoms with Gasteiger partial charge in [0.1, 0.15) is 11.1 Å². The molecule has 0 saturated heterocycles. The van der Waals surface area contributed by atoms with Crippen molar-refractivity contribution in [3.8, 4) is 11.4 Å². The van der Waals surface area contributed by atoms with Gasteiger partial charge in [0.25, 0.3) is 0 Å². The number of aromatic amines is 1. The number of carboxylic acid groups (broad SMARTS) is 1. The van der Waals surface area contributed by atoms with E-state index in [-0.39, 0.29) is 5.82 Å². The molecule has 7 heteroatoms. The van der Waals surface area contributed by atoms with Crippen molar-refractivity contribution in [1.82, 2.24) is 15.2 Å². The lowest BCUT2D eigenvalue weighted by Crippen LogP contribution is -2.14. The van der Waals surface area contributed by atoms with Crippen LogP contribution in [-0.4, -0.2) is 31.5 Å². The van der Waals surface area contributed by atoms with Crippen molar-refractivity contribution >= 4 is 17.7 Å². The Labute approximate surface area is 113 Å². The molecule has 2 N–H and O–H groups in total. The highest BCUT2D eigenvalue weighted by atomic mass is 32.2. The Morgan fingerprint density at radius 2 is 2.16 bits per heavy atom. The summed E-state index contributed by atoms with van der Waals surface area (Å²) in [7, 11) is 0. The average molecular weight is 281 g/mol. The van der Waals surface area contributed by atoms with Crippen molar-refractivity contribution in [3.05, 3.63) is 30.1 Å². The zero-order valence-electron chi connectivity index (χ0n) is 10.1. The first-order valence-electron chi connectivity index (χ1n) is 5.68. The summed E-state index contributed by atoms with van der Waals surface area (Å²) in [4.78, 5) is 15.1. The summed E-state index contributed by atoms with van der Waals surface area (Å²) in [6, 6.07) is 5.82. The van der Waals surface area contributed by atoms with Crippen LogP contribution < -0.4 is 0 Å². The second-order valence-corrected chi connectivity index (χ2v) is 5.00. The lowest BCUT2D eigenvalue weighted by atomic mass is 10.2. The number of halogens is 1. The summed E-state index contributed by atoms with van der Waals surface area (Å²) in [5.41, 5.74) is 0.698. The Hall–Kier alpha value is -1.89. The Morgan fingerprint density at radius 1 is 1.47 bits per heavy atom. The SMILES string of the molecule is CC[C@@H](Sc1n[nH]c(-c2ccc(F)cc2)n1)C(=O)O. The topological polar surface area (TPSA) is 78.9 Å². The van der Waals surface area contributed by atoms with E-state index in [0.29, 0.717) is 23.0 Å². The molecule has 0 bridgehead atoms. The molecule has 5 nitrogen and oxygen atoms in total. The molecule has 0 saturated carbocycles. The largest absolute Gasteiger partial charge is 0.480 e. The fraction of sp³-hybridized carbons (Fsp3) is 0.250. The quantitative estimate of drug-likeness (QED) is 0.823. The predicted octanol–water partition coefficient (Wildman–Crippen LogP) is 2.57. The van der Waals surface area contributed by atoms with E-state index in [0.717, 1.165) is 11.8 Å². The molecule has 1 aromatic heterocycles. The second-order valence-electron chi connectivity index (χ2n) is 3.83. The van der Waals surface area contributed by atoms with E-state index in [1.165, 1.54) is 12.1 Å². The number of hydrogen-bond acceptors (Lipinski definition) is 4. The third-order valence-corrected chi connectivity index (χ3v) is 3.69. The van der Waals surface area contributed by atoms with Gasteiger partial charge in [0.15, 0.2) is 5.82 Å². The Bertz CT molecular complexity index is 571. The van der Waals surface area contributed by atoms with Crippen LogP contribution in [0.25, 0.3) is 11.4 Å². The van der Waals surface area contributed by atoms with Crippen LogP contribution in [0.15, 0.2) is 29.4 Å². The van der Waals surface area contributed by atoms with Crippen molar-refractivity contribution in [2.24, 2.45) is 0 Å². The molecule has 1 heterocycles. The van der Waals surface area contributed by atoms with E-state index in [1.807, 2.05) is 0 Å². The molecule has 0 aliphatic heterocycles. The lowest BCUT2D eigenvalue weighted by molar-refractivity contribution is -0.136. The summed E-state index contributed by atoms with van der Waals surface area (Å²) < 4.78 is 12.8. The van der Waals surface area contributed by atoms with E-state index in [2.05, 4.69) is 15.2 Å². The first-order valence-corrected chi connectivity index (χ1v) is 6.56. The van der Waals surface area contributed by atoms with Crippen molar-refractivity contribution < 1.29 is 14.3 Å². The lowest BCUT2D eigenvalue weighted by Gasteiger charge is -2.04. The number of thioether (sulfide) groups is 1. The standard InChI is InChI=1S/C12H12FN3O2S/c1-2-9(11(17)18)19-12-14-10(15-16-12)7-3-5-8(13)6-4-7/h3-6,9H,2H2,1H3,(H,17,18)(H,14,15,16)/t9-/m1/s1. The zero-order valence-corrected chi connectivity index (χ0v) is 10.9. The Morgan fingerprint density at radius 3 is 2.74 bits per heavy atom. The smallest absolute Gasteiger partial charge is 0.317 e. The molecular formula is C12H12FN3O2S. The maximum absolute atomic E-state index is 12.8. The van der Waals surface area contributed by atoms with Crippen molar-refractivity contribution in [2.45, 2.75) is 23.8 Å². The second kappa shape index (κ2) is 5.83. The van der Waals surface area contributed by atoms with E-state index < -0.39 is 11.2 Å². The van der Waals surface area contributed by atoms with Crippen molar-refractivity contribution in [2.75, 3.05) is 0 Å². The number of nitrogens with one attached hydrogen (secondary N) is 1. The number of carbonyl (C=O) groups is 1. The summed E-state index contributed by atoms with van der Waals surface area (Å²) in [5, 5.41) is 15.4. The van der Waals surface area contributed by atoms with Gasteiger partial charge in [-0.1, -0.05) is 18.7 Å². The highest BCUT2D eigenvalue weighted by molar-refractivity contribution is 8.00. The number of nitrogens with zero attached hydrogens (tertiary/aromatic N) is 2. The molecule has 0 fully saturated rings. The molecule has 1 aromatic carbocycles. The number of hydrogen-bond donors (Lipinski definition) is 2. The van der Waals surface area contributed by atoms with Crippen LogP contribution in [0.2, 0.25) is 0 Å². The maximum Gasteiger partial charge on any atom is 0.317 e. The molecule has 0 unspecified atom stereocenters. The molecule has 19 heavy (non-hydrogen) atoms. The Balaban J connectivity index is 2.15. The van der Waals surface area contributed by atoms with Crippen LogP contribution in [0.1, 0.15) is 13.3 Å². The first-order chi connectivity index (χ1) is 9.10. The Kier molecular flexibility index (Phi) is 4.16. The van der Waals surface area contributed by atoms with Gasteiger partial charge in [0.05, 0.1) is 0 Å². The molecule has 0 aliphatic carbocycles. The number of aliphatic carboxylic acids is 1. The molecule has 100 valence electrons. The minimum Gasteiger partial charge on any atom is -0.480 e. The molecule has 2 aromatic rings. The minimum atomic E-state index is -0.888. The predicted molar refractivity (Wildman–Crippen MR) is 69.3 cm³/mol. The number of benzene rings is 1. The van der Waals surface area contributed by atoms with Gasteiger partial charge in [-0.25, -0.2) is 9.37 Å². The summed E-state index contributed by atoms with van der Waals surface area (Å²) in [5.74, 6) is -0.724. The highest BCUT2D eigenvalue weighted by Gasteiger charge is 2.19. The molecular weight excluding hydrogens is 269 g/mol. The zero-order chi connectivity index (χ0) is 13.8.